The van der Waals surface area contributed by atoms with Crippen LogP contribution in [0.15, 0.2) is 0 Å². The molecule has 1 saturated heterocycles. The van der Waals surface area contributed by atoms with E-state index in [9.17, 15) is 35.7 Å². The van der Waals surface area contributed by atoms with Crippen molar-refractivity contribution in [1.82, 2.24) is 0 Å². The standard InChI is InChI=1S/C92H176O12/c1-67-21-13-29-75(9)83-45-41-79(57-83)33-17-25-71(5)49-53-100-63-87(61-93)102-55-51-73(7)27-19-35-81-43-47-85(59-81)77(11)31-15-23-69(3)39-37-68(2)22-14-30-76(10)84-46-42-80(58-84)34-18-26-72(6)50-54-101-64-88(65-104-92(99,66-95)91(98)90(97)89(96)62-94)103-56-52-74(8)28-20-36-82-44-48-86(60-82)78(12)32-16-24-70(4)40-38-67/h67-91,93-99H,13-66H2,1-12H3/t67-,68-,69-,70-,71+,72+,73+,74+,75+,76+,77+,78+,79?,80?,81?,82?,83?,84?,85?,86?,87+,88-,89?,90?,91?,92-/m0/s1. The van der Waals surface area contributed by atoms with E-state index < -0.39 is 43.4 Å². The first-order valence-electron chi connectivity index (χ1n) is 45.6. The normalized spacial score (nSPS) is 38.9. The van der Waals surface area contributed by atoms with Crippen LogP contribution in [0.4, 0.5) is 0 Å². The lowest BCUT2D eigenvalue weighted by Gasteiger charge is -2.35. The van der Waals surface area contributed by atoms with Crippen molar-refractivity contribution in [2.24, 2.45) is 118 Å². The summed E-state index contributed by atoms with van der Waals surface area (Å²) in [6, 6.07) is 0. The van der Waals surface area contributed by atoms with Crippen LogP contribution >= 0.6 is 0 Å². The molecule has 0 amide bonds. The van der Waals surface area contributed by atoms with Crippen LogP contribution in [-0.2, 0) is 23.7 Å². The van der Waals surface area contributed by atoms with Gasteiger partial charge in [-0.3, -0.25) is 0 Å². The molecule has 0 aromatic heterocycles. The van der Waals surface area contributed by atoms with Crippen LogP contribution in [0.3, 0.4) is 0 Å². The van der Waals surface area contributed by atoms with E-state index in [1.54, 1.807) is 0 Å². The number of ether oxygens (including phenoxy) is 5. The molecule has 1 heterocycles. The summed E-state index contributed by atoms with van der Waals surface area (Å²) < 4.78 is 30.6. The van der Waals surface area contributed by atoms with Crippen molar-refractivity contribution in [3.63, 3.8) is 0 Å². The highest BCUT2D eigenvalue weighted by Gasteiger charge is 2.44. The SMILES string of the molecule is C[C@@H]1CCCC2CCC(C2)[C@H](C)CCC[C@H](C)CC[C@@H](C)CCC[C@@H](C)C2CCC(CCC[C@@H](C)CCO[C@H](CO[C@@](O)(CO)C(O)C(O)C(O)CO)COCC[C@H](C)CCCC3CCC(C3)[C@H](C)CCC[C@H](C)CC[C@@H](C)CCC[C@@H](C)C3CCC(CCC[C@@H](C)CCO[C@H](CO)COCC1)C3)C2. The fraction of sp³-hybridized carbons (Fsp3) is 1.00. The minimum atomic E-state index is -2.58. The summed E-state index contributed by atoms with van der Waals surface area (Å²) in [7, 11) is 0. The fourth-order valence-corrected chi connectivity index (χ4v) is 20.2. The van der Waals surface area contributed by atoms with Crippen LogP contribution in [0.5, 0.6) is 0 Å². The first-order chi connectivity index (χ1) is 50.0. The molecule has 0 radical (unpaired) electrons. The lowest BCUT2D eigenvalue weighted by Crippen LogP contribution is -2.58. The summed E-state index contributed by atoms with van der Waals surface area (Å²) in [6.07, 6.45) is 52.1. The second kappa shape index (κ2) is 54.3. The van der Waals surface area contributed by atoms with Gasteiger partial charge in [-0.05, 0) is 195 Å². The van der Waals surface area contributed by atoms with Gasteiger partial charge in [0, 0.05) is 26.4 Å². The highest BCUT2D eigenvalue weighted by Crippen LogP contribution is 2.45. The Labute approximate surface area is 642 Å². The van der Waals surface area contributed by atoms with Gasteiger partial charge in [0.2, 0.25) is 5.79 Å². The summed E-state index contributed by atoms with van der Waals surface area (Å²) in [5.41, 5.74) is 0. The molecule has 11 unspecified atom stereocenters. The molecule has 12 heteroatoms. The van der Waals surface area contributed by atoms with E-state index in [0.717, 1.165) is 140 Å². The van der Waals surface area contributed by atoms with Gasteiger partial charge in [-0.25, -0.2) is 0 Å². The van der Waals surface area contributed by atoms with Crippen LogP contribution in [0.1, 0.15) is 366 Å². The predicted octanol–water partition coefficient (Wildman–Crippen LogP) is 21.4. The smallest absolute Gasteiger partial charge is 0.218 e. The summed E-state index contributed by atoms with van der Waals surface area (Å²) in [6.45, 7) is 30.9. The summed E-state index contributed by atoms with van der Waals surface area (Å²) in [5, 5.41) is 71.9. The second-order valence-corrected chi connectivity index (χ2v) is 38.6. The van der Waals surface area contributed by atoms with Gasteiger partial charge < -0.3 is 59.4 Å². The zero-order valence-corrected chi connectivity index (χ0v) is 70.3. The molecule has 1 aliphatic heterocycles. The van der Waals surface area contributed by atoms with Gasteiger partial charge in [0.15, 0.2) is 0 Å². The maximum atomic E-state index is 11.1. The van der Waals surface area contributed by atoms with Crippen molar-refractivity contribution in [1.29, 1.82) is 0 Å². The van der Waals surface area contributed by atoms with E-state index in [-0.39, 0.29) is 25.9 Å². The van der Waals surface area contributed by atoms with Gasteiger partial charge in [0.25, 0.3) is 0 Å². The maximum Gasteiger partial charge on any atom is 0.218 e. The quantitative estimate of drug-likeness (QED) is 0.108. The monoisotopic (exact) mass is 1470 g/mol. The zero-order chi connectivity index (χ0) is 75.7. The molecule has 7 N–H and O–H groups in total. The average Bonchev–Trinajstić information content (AvgIpc) is 1.32. The Balaban J connectivity index is 1.03. The van der Waals surface area contributed by atoms with Crippen molar-refractivity contribution in [3.05, 3.63) is 0 Å². The van der Waals surface area contributed by atoms with Crippen molar-refractivity contribution in [2.75, 3.05) is 66.1 Å². The highest BCUT2D eigenvalue weighted by molar-refractivity contribution is 4.88. The van der Waals surface area contributed by atoms with E-state index >= 15 is 0 Å². The van der Waals surface area contributed by atoms with Crippen LogP contribution < -0.4 is 0 Å². The Kier molecular flexibility index (Phi) is 49.1. The molecule has 5 rings (SSSR count). The Morgan fingerprint density at radius 2 is 0.606 bits per heavy atom. The first-order valence-corrected chi connectivity index (χ1v) is 45.6. The molecule has 4 aliphatic carbocycles. The van der Waals surface area contributed by atoms with E-state index in [0.29, 0.717) is 43.5 Å². The molecule has 12 nitrogen and oxygen atoms in total. The number of rotatable bonds is 9. The summed E-state index contributed by atoms with van der Waals surface area (Å²) in [5.74, 6) is 13.5. The van der Waals surface area contributed by atoms with Crippen LogP contribution in [0.25, 0.3) is 0 Å². The number of aliphatic hydroxyl groups is 7. The second-order valence-electron chi connectivity index (χ2n) is 38.6. The van der Waals surface area contributed by atoms with Gasteiger partial charge in [0.05, 0.1) is 39.6 Å². The molecule has 0 aromatic rings. The predicted molar refractivity (Wildman–Crippen MR) is 432 cm³/mol. The van der Waals surface area contributed by atoms with E-state index in [2.05, 4.69) is 83.1 Å². The lowest BCUT2D eigenvalue weighted by molar-refractivity contribution is -0.303. The molecule has 616 valence electrons. The Morgan fingerprint density at radius 1 is 0.327 bits per heavy atom. The molecular weight excluding hydrogens is 1300 g/mol. The van der Waals surface area contributed by atoms with Crippen molar-refractivity contribution < 1.29 is 59.4 Å². The molecule has 0 aromatic carbocycles. The van der Waals surface area contributed by atoms with Crippen LogP contribution in [0.2, 0.25) is 0 Å². The Morgan fingerprint density at radius 3 is 0.904 bits per heavy atom. The summed E-state index contributed by atoms with van der Waals surface area (Å²) in [4.78, 5) is 0. The third-order valence-corrected chi connectivity index (χ3v) is 28.9. The van der Waals surface area contributed by atoms with Gasteiger partial charge in [-0.15, -0.1) is 0 Å². The molecule has 26 atom stereocenters. The number of hydrogen-bond acceptors (Lipinski definition) is 12. The minimum Gasteiger partial charge on any atom is -0.394 e. The van der Waals surface area contributed by atoms with Gasteiger partial charge in [-0.2, -0.15) is 0 Å². The molecule has 4 saturated carbocycles. The molecule has 0 spiro atoms. The van der Waals surface area contributed by atoms with Gasteiger partial charge in [-0.1, -0.05) is 289 Å². The minimum absolute atomic E-state index is 0.0382. The topological polar surface area (TPSA) is 188 Å². The van der Waals surface area contributed by atoms with E-state index in [4.69, 9.17) is 23.7 Å². The van der Waals surface area contributed by atoms with Crippen molar-refractivity contribution in [2.45, 2.75) is 402 Å². The summed E-state index contributed by atoms with van der Waals surface area (Å²) >= 11 is 0. The van der Waals surface area contributed by atoms with Crippen LogP contribution in [-0.4, -0.2) is 138 Å². The third-order valence-electron chi connectivity index (χ3n) is 28.9. The van der Waals surface area contributed by atoms with Crippen molar-refractivity contribution in [3.8, 4) is 0 Å². The fourth-order valence-electron chi connectivity index (χ4n) is 20.2. The molecular formula is C92H176O12. The van der Waals surface area contributed by atoms with Gasteiger partial charge in [0.1, 0.15) is 30.5 Å². The van der Waals surface area contributed by atoms with E-state index in [1.807, 2.05) is 0 Å². The molecule has 5 aliphatic rings. The number of hydrogen-bond donors (Lipinski definition) is 7. The molecule has 5 fully saturated rings. The van der Waals surface area contributed by atoms with Crippen molar-refractivity contribution >= 4 is 0 Å². The first kappa shape index (κ1) is 94.1. The average molecular weight is 1470 g/mol. The molecule has 104 heavy (non-hydrogen) atoms. The largest absolute Gasteiger partial charge is 0.394 e. The maximum absolute atomic E-state index is 11.1. The zero-order valence-electron chi connectivity index (χ0n) is 70.3. The van der Waals surface area contributed by atoms with E-state index in [1.165, 1.54) is 250 Å². The molecule has 8 bridgehead atoms. The third kappa shape index (κ3) is 38.8. The Bertz CT molecular complexity index is 2050. The highest BCUT2D eigenvalue weighted by atomic mass is 16.7. The van der Waals surface area contributed by atoms with Gasteiger partial charge >= 0.3 is 0 Å². The Hall–Kier alpha value is -0.480. The lowest BCUT2D eigenvalue weighted by atomic mass is 9.84. The number of aliphatic hydroxyl groups excluding tert-OH is 6. The number of fused-ring (bicyclic) bond motifs is 8. The van der Waals surface area contributed by atoms with Crippen LogP contribution in [0, 0.1) is 118 Å².